The van der Waals surface area contributed by atoms with E-state index in [9.17, 15) is 4.79 Å². The monoisotopic (exact) mass is 256 g/mol. The summed E-state index contributed by atoms with van der Waals surface area (Å²) in [6, 6.07) is 0. The average Bonchev–Trinajstić information content (AvgIpc) is 2.27. The summed E-state index contributed by atoms with van der Waals surface area (Å²) >= 11 is 0. The molecule has 0 saturated heterocycles. The van der Waals surface area contributed by atoms with Crippen LogP contribution in [0.25, 0.3) is 0 Å². The molecular formula is C15H32N2O. The number of hydrogen-bond acceptors (Lipinski definition) is 2. The molecule has 0 aromatic heterocycles. The lowest BCUT2D eigenvalue weighted by Gasteiger charge is -2.32. The van der Waals surface area contributed by atoms with Gasteiger partial charge in [-0.1, -0.05) is 34.6 Å². The molecule has 0 aromatic rings. The van der Waals surface area contributed by atoms with Crippen LogP contribution in [0.3, 0.4) is 0 Å². The minimum Gasteiger partial charge on any atom is -0.341 e. The van der Waals surface area contributed by atoms with Crippen LogP contribution in [0.4, 0.5) is 0 Å². The second-order valence-electron chi connectivity index (χ2n) is 6.43. The molecule has 18 heavy (non-hydrogen) atoms. The molecule has 0 heterocycles. The summed E-state index contributed by atoms with van der Waals surface area (Å²) in [4.78, 5) is 14.4. The Labute approximate surface area is 113 Å². The number of carbonyl (C=O) groups is 1. The van der Waals surface area contributed by atoms with Crippen LogP contribution in [0.5, 0.6) is 0 Å². The van der Waals surface area contributed by atoms with Crippen molar-refractivity contribution in [2.45, 2.75) is 66.3 Å². The van der Waals surface area contributed by atoms with Gasteiger partial charge in [0.15, 0.2) is 0 Å². The lowest BCUT2D eigenvalue weighted by molar-refractivity contribution is -0.136. The van der Waals surface area contributed by atoms with Crippen molar-refractivity contribution < 1.29 is 4.79 Å². The molecule has 0 bridgehead atoms. The quantitative estimate of drug-likeness (QED) is 0.725. The number of nitrogens with two attached hydrogens (primary N) is 1. The van der Waals surface area contributed by atoms with Crippen LogP contribution in [0.2, 0.25) is 0 Å². The van der Waals surface area contributed by atoms with Gasteiger partial charge in [-0.3, -0.25) is 4.79 Å². The number of nitrogens with zero attached hydrogens (tertiary/aromatic N) is 1. The topological polar surface area (TPSA) is 46.3 Å². The molecular weight excluding hydrogens is 224 g/mol. The van der Waals surface area contributed by atoms with Crippen LogP contribution in [-0.4, -0.2) is 29.4 Å². The first-order valence-electron chi connectivity index (χ1n) is 7.29. The minimum atomic E-state index is -0.714. The van der Waals surface area contributed by atoms with Gasteiger partial charge in [0.25, 0.3) is 0 Å². The second kappa shape index (κ2) is 7.78. The van der Waals surface area contributed by atoms with Gasteiger partial charge in [0.05, 0.1) is 5.54 Å². The van der Waals surface area contributed by atoms with E-state index in [0.29, 0.717) is 18.3 Å². The summed E-state index contributed by atoms with van der Waals surface area (Å²) in [5.74, 6) is 1.33. The van der Waals surface area contributed by atoms with Crippen molar-refractivity contribution >= 4 is 5.91 Å². The van der Waals surface area contributed by atoms with E-state index < -0.39 is 5.54 Å². The highest BCUT2D eigenvalue weighted by atomic mass is 16.2. The molecule has 0 aromatic carbocycles. The van der Waals surface area contributed by atoms with Gasteiger partial charge in [-0.2, -0.15) is 0 Å². The van der Waals surface area contributed by atoms with Crippen molar-refractivity contribution in [3.05, 3.63) is 0 Å². The largest absolute Gasteiger partial charge is 0.341 e. The van der Waals surface area contributed by atoms with Crippen molar-refractivity contribution in [3.8, 4) is 0 Å². The fourth-order valence-electron chi connectivity index (χ4n) is 1.66. The first-order chi connectivity index (χ1) is 8.20. The SMILES string of the molecule is CCC(C)(N)C(=O)N(CCC(C)C)CCC(C)C. The maximum absolute atomic E-state index is 12.4. The van der Waals surface area contributed by atoms with Gasteiger partial charge in [-0.25, -0.2) is 0 Å². The number of amides is 1. The Morgan fingerprint density at radius 1 is 1.11 bits per heavy atom. The summed E-state index contributed by atoms with van der Waals surface area (Å²) in [7, 11) is 0. The second-order valence-corrected chi connectivity index (χ2v) is 6.43. The Morgan fingerprint density at radius 3 is 1.78 bits per heavy atom. The van der Waals surface area contributed by atoms with Crippen LogP contribution < -0.4 is 5.73 Å². The molecule has 0 radical (unpaired) electrons. The maximum Gasteiger partial charge on any atom is 0.242 e. The summed E-state index contributed by atoms with van der Waals surface area (Å²) in [5, 5.41) is 0. The third kappa shape index (κ3) is 6.39. The van der Waals surface area contributed by atoms with Crippen LogP contribution in [0.1, 0.15) is 60.8 Å². The van der Waals surface area contributed by atoms with E-state index in [0.717, 1.165) is 25.9 Å². The van der Waals surface area contributed by atoms with Gasteiger partial charge in [0.2, 0.25) is 5.91 Å². The third-order valence-corrected chi connectivity index (χ3v) is 3.46. The summed E-state index contributed by atoms with van der Waals surface area (Å²) < 4.78 is 0. The lowest BCUT2D eigenvalue weighted by Crippen LogP contribution is -2.53. The Bertz CT molecular complexity index is 235. The predicted molar refractivity (Wildman–Crippen MR) is 78.4 cm³/mol. The molecule has 0 spiro atoms. The first-order valence-corrected chi connectivity index (χ1v) is 7.29. The molecule has 108 valence electrons. The van der Waals surface area contributed by atoms with Gasteiger partial charge < -0.3 is 10.6 Å². The van der Waals surface area contributed by atoms with Gasteiger partial charge in [-0.05, 0) is 38.0 Å². The zero-order chi connectivity index (χ0) is 14.3. The van der Waals surface area contributed by atoms with Crippen molar-refractivity contribution in [1.82, 2.24) is 4.90 Å². The average molecular weight is 256 g/mol. The first kappa shape index (κ1) is 17.4. The molecule has 0 aliphatic carbocycles. The molecule has 0 saturated carbocycles. The normalized spacial score (nSPS) is 14.9. The molecule has 1 atom stereocenters. The van der Waals surface area contributed by atoms with Gasteiger partial charge in [-0.15, -0.1) is 0 Å². The van der Waals surface area contributed by atoms with Crippen LogP contribution in [0, 0.1) is 11.8 Å². The molecule has 0 aliphatic heterocycles. The molecule has 2 N–H and O–H groups in total. The summed E-state index contributed by atoms with van der Waals surface area (Å²) in [6.45, 7) is 14.2. The van der Waals surface area contributed by atoms with Crippen molar-refractivity contribution in [3.63, 3.8) is 0 Å². The molecule has 1 amide bonds. The van der Waals surface area contributed by atoms with E-state index in [-0.39, 0.29) is 5.91 Å². The van der Waals surface area contributed by atoms with E-state index in [1.54, 1.807) is 0 Å². The molecule has 3 heteroatoms. The highest BCUT2D eigenvalue weighted by molar-refractivity contribution is 5.85. The maximum atomic E-state index is 12.4. The number of hydrogen-bond donors (Lipinski definition) is 1. The highest BCUT2D eigenvalue weighted by Crippen LogP contribution is 2.14. The zero-order valence-corrected chi connectivity index (χ0v) is 13.1. The van der Waals surface area contributed by atoms with Crippen LogP contribution in [-0.2, 0) is 4.79 Å². The molecule has 0 rings (SSSR count). The molecule has 0 aliphatic rings. The van der Waals surface area contributed by atoms with E-state index in [4.69, 9.17) is 5.73 Å². The Hall–Kier alpha value is -0.570. The minimum absolute atomic E-state index is 0.103. The number of carbonyl (C=O) groups excluding carboxylic acids is 1. The smallest absolute Gasteiger partial charge is 0.242 e. The Kier molecular flexibility index (Phi) is 7.53. The third-order valence-electron chi connectivity index (χ3n) is 3.46. The Balaban J connectivity index is 4.58. The van der Waals surface area contributed by atoms with Crippen molar-refractivity contribution in [1.29, 1.82) is 0 Å². The highest BCUT2D eigenvalue weighted by Gasteiger charge is 2.30. The zero-order valence-electron chi connectivity index (χ0n) is 13.1. The van der Waals surface area contributed by atoms with Crippen LogP contribution >= 0.6 is 0 Å². The van der Waals surface area contributed by atoms with E-state index in [1.165, 1.54) is 0 Å². The Morgan fingerprint density at radius 2 is 1.50 bits per heavy atom. The van der Waals surface area contributed by atoms with Crippen molar-refractivity contribution in [2.24, 2.45) is 17.6 Å². The van der Waals surface area contributed by atoms with E-state index in [1.807, 2.05) is 18.7 Å². The molecule has 1 unspecified atom stereocenters. The summed E-state index contributed by atoms with van der Waals surface area (Å²) in [5.41, 5.74) is 5.37. The van der Waals surface area contributed by atoms with Gasteiger partial charge >= 0.3 is 0 Å². The van der Waals surface area contributed by atoms with Crippen LogP contribution in [0.15, 0.2) is 0 Å². The fraction of sp³-hybridized carbons (Fsp3) is 0.933. The van der Waals surface area contributed by atoms with Gasteiger partial charge in [0, 0.05) is 13.1 Å². The van der Waals surface area contributed by atoms with Crippen molar-refractivity contribution in [2.75, 3.05) is 13.1 Å². The summed E-state index contributed by atoms with van der Waals surface area (Å²) in [6.07, 6.45) is 2.78. The predicted octanol–water partition coefficient (Wildman–Crippen LogP) is 3.03. The van der Waals surface area contributed by atoms with E-state index >= 15 is 0 Å². The van der Waals surface area contributed by atoms with E-state index in [2.05, 4.69) is 27.7 Å². The van der Waals surface area contributed by atoms with Gasteiger partial charge in [0.1, 0.15) is 0 Å². The molecule has 0 fully saturated rings. The fourth-order valence-corrected chi connectivity index (χ4v) is 1.66. The molecule has 3 nitrogen and oxygen atoms in total. The number of rotatable bonds is 8. The standard InChI is InChI=1S/C15H32N2O/c1-7-15(6,16)14(18)17(10-8-12(2)3)11-9-13(4)5/h12-13H,7-11,16H2,1-6H3. The lowest BCUT2D eigenvalue weighted by atomic mass is 9.97.